The first-order valence-corrected chi connectivity index (χ1v) is 9.23. The molecule has 0 aromatic carbocycles. The number of esters is 1. The van der Waals surface area contributed by atoms with Gasteiger partial charge in [-0.25, -0.2) is 8.78 Å². The zero-order valence-corrected chi connectivity index (χ0v) is 14.2. The van der Waals surface area contributed by atoms with E-state index in [0.717, 1.165) is 50.7 Å². The van der Waals surface area contributed by atoms with E-state index in [0.29, 0.717) is 13.0 Å². The summed E-state index contributed by atoms with van der Waals surface area (Å²) in [6.45, 7) is 4.40. The summed E-state index contributed by atoms with van der Waals surface area (Å²) in [5.41, 5.74) is 0. The average molecular weight is 324 g/mol. The normalized spacial score (nSPS) is 12.6. The number of unbranched alkanes of at least 4 members (excludes halogenated alkanes) is 5. The lowest BCUT2D eigenvalue weighted by molar-refractivity contribution is -0.142. The Morgan fingerprint density at radius 1 is 1.00 bits per heavy atom. The van der Waals surface area contributed by atoms with Gasteiger partial charge >= 0.3 is 5.97 Å². The van der Waals surface area contributed by atoms with Gasteiger partial charge < -0.3 is 4.74 Å². The maximum Gasteiger partial charge on any atom is 0.319 e. The molecule has 0 amide bonds. The van der Waals surface area contributed by atoms with Crippen molar-refractivity contribution in [1.29, 1.82) is 0 Å². The van der Waals surface area contributed by atoms with Crippen LogP contribution in [-0.4, -0.2) is 30.0 Å². The van der Waals surface area contributed by atoms with Crippen molar-refractivity contribution in [2.24, 2.45) is 0 Å². The summed E-state index contributed by atoms with van der Waals surface area (Å²) >= 11 is 1.66. The Kier molecular flexibility index (Phi) is 14.4. The Hall–Kier alpha value is -0.320. The monoisotopic (exact) mass is 324 g/mol. The number of halogens is 2. The van der Waals surface area contributed by atoms with Crippen molar-refractivity contribution in [3.05, 3.63) is 0 Å². The van der Waals surface area contributed by atoms with E-state index in [-0.39, 0.29) is 17.6 Å². The van der Waals surface area contributed by atoms with Crippen molar-refractivity contribution in [1.82, 2.24) is 0 Å². The second kappa shape index (κ2) is 14.6. The third-order valence-corrected chi connectivity index (χ3v) is 4.61. The number of carbonyl (C=O) groups is 1. The molecule has 0 saturated heterocycles. The second-order valence-electron chi connectivity index (χ2n) is 5.20. The highest BCUT2D eigenvalue weighted by Gasteiger charge is 2.19. The summed E-state index contributed by atoms with van der Waals surface area (Å²) in [6.07, 6.45) is 5.45. The van der Waals surface area contributed by atoms with Crippen molar-refractivity contribution < 1.29 is 18.3 Å². The minimum Gasteiger partial charge on any atom is -0.465 e. The summed E-state index contributed by atoms with van der Waals surface area (Å²) in [6, 6.07) is 0. The number of hydrogen-bond acceptors (Lipinski definition) is 3. The molecule has 0 N–H and O–H groups in total. The molecular weight excluding hydrogens is 294 g/mol. The predicted molar refractivity (Wildman–Crippen MR) is 86.1 cm³/mol. The quantitative estimate of drug-likeness (QED) is 0.314. The van der Waals surface area contributed by atoms with E-state index < -0.39 is 6.43 Å². The molecule has 5 heteroatoms. The largest absolute Gasteiger partial charge is 0.465 e. The highest BCUT2D eigenvalue weighted by atomic mass is 32.2. The van der Waals surface area contributed by atoms with Crippen molar-refractivity contribution in [2.75, 3.05) is 12.4 Å². The van der Waals surface area contributed by atoms with Crippen LogP contribution >= 0.6 is 11.8 Å². The lowest BCUT2D eigenvalue weighted by Crippen LogP contribution is -2.20. The molecule has 0 aliphatic rings. The molecule has 0 radical (unpaired) electrons. The third kappa shape index (κ3) is 13.1. The maximum absolute atomic E-state index is 12.0. The Morgan fingerprint density at radius 3 is 2.29 bits per heavy atom. The molecule has 0 aromatic rings. The third-order valence-electron chi connectivity index (χ3n) is 3.26. The van der Waals surface area contributed by atoms with Crippen LogP contribution in [0, 0.1) is 0 Å². The molecule has 2 nitrogen and oxygen atoms in total. The molecule has 21 heavy (non-hydrogen) atoms. The number of hydrogen-bond donors (Lipinski definition) is 0. The molecule has 0 aliphatic heterocycles. The lowest BCUT2D eigenvalue weighted by Gasteiger charge is -2.15. The van der Waals surface area contributed by atoms with E-state index in [9.17, 15) is 13.6 Å². The standard InChI is InChI=1S/C16H30F2O2S/c1-3-5-8-11-14(16(19)20-4-2)21-13-10-7-6-9-12-15(17)18/h14-15H,3-13H2,1-2H3. The number of carbonyl (C=O) groups excluding carboxylic acids is 1. The molecule has 0 rings (SSSR count). The highest BCUT2D eigenvalue weighted by molar-refractivity contribution is 8.00. The molecule has 0 aliphatic carbocycles. The summed E-state index contributed by atoms with van der Waals surface area (Å²) in [7, 11) is 0. The Bertz CT molecular complexity index is 250. The lowest BCUT2D eigenvalue weighted by atomic mass is 10.1. The number of ether oxygens (including phenoxy) is 1. The number of alkyl halides is 2. The van der Waals surface area contributed by atoms with Crippen molar-refractivity contribution in [3.8, 4) is 0 Å². The van der Waals surface area contributed by atoms with Gasteiger partial charge in [-0.2, -0.15) is 0 Å². The van der Waals surface area contributed by atoms with Gasteiger partial charge in [-0.3, -0.25) is 4.79 Å². The van der Waals surface area contributed by atoms with E-state index in [2.05, 4.69) is 6.92 Å². The fraction of sp³-hybridized carbons (Fsp3) is 0.938. The minimum absolute atomic E-state index is 0.00954. The van der Waals surface area contributed by atoms with Crippen LogP contribution in [0.25, 0.3) is 0 Å². The molecule has 0 spiro atoms. The van der Waals surface area contributed by atoms with Crippen LogP contribution in [0.5, 0.6) is 0 Å². The average Bonchev–Trinajstić information content (AvgIpc) is 2.44. The maximum atomic E-state index is 12.0. The SMILES string of the molecule is CCCCCC(SCCCCCCC(F)F)C(=O)OCC. The Morgan fingerprint density at radius 2 is 1.67 bits per heavy atom. The van der Waals surface area contributed by atoms with Crippen LogP contribution in [0.4, 0.5) is 8.78 Å². The summed E-state index contributed by atoms with van der Waals surface area (Å²) < 4.78 is 29.1. The molecule has 126 valence electrons. The van der Waals surface area contributed by atoms with Gasteiger partial charge in [0.1, 0.15) is 5.25 Å². The smallest absolute Gasteiger partial charge is 0.319 e. The van der Waals surface area contributed by atoms with Gasteiger partial charge in [0.05, 0.1) is 6.61 Å². The second-order valence-corrected chi connectivity index (χ2v) is 6.51. The van der Waals surface area contributed by atoms with E-state index in [1.165, 1.54) is 0 Å². The van der Waals surface area contributed by atoms with Gasteiger partial charge in [0.2, 0.25) is 6.43 Å². The van der Waals surface area contributed by atoms with Crippen molar-refractivity contribution >= 4 is 17.7 Å². The molecule has 1 unspecified atom stereocenters. The number of rotatable bonds is 14. The molecule has 0 aromatic heterocycles. The zero-order chi connectivity index (χ0) is 15.9. The molecule has 0 heterocycles. The van der Waals surface area contributed by atoms with Crippen LogP contribution in [0.3, 0.4) is 0 Å². The summed E-state index contributed by atoms with van der Waals surface area (Å²) in [5.74, 6) is 0.806. The van der Waals surface area contributed by atoms with Gasteiger partial charge in [-0.15, -0.1) is 11.8 Å². The van der Waals surface area contributed by atoms with Gasteiger partial charge in [0.15, 0.2) is 0 Å². The summed E-state index contributed by atoms with van der Waals surface area (Å²) in [5, 5.41) is -0.0578. The van der Waals surface area contributed by atoms with Gasteiger partial charge in [-0.05, 0) is 31.9 Å². The van der Waals surface area contributed by atoms with E-state index in [1.54, 1.807) is 11.8 Å². The first kappa shape index (κ1) is 20.7. The first-order valence-electron chi connectivity index (χ1n) is 8.18. The van der Waals surface area contributed by atoms with Crippen molar-refractivity contribution in [3.63, 3.8) is 0 Å². The molecule has 0 saturated carbocycles. The molecular formula is C16H30F2O2S. The molecule has 0 fully saturated rings. The highest BCUT2D eigenvalue weighted by Crippen LogP contribution is 2.21. The fourth-order valence-electron chi connectivity index (χ4n) is 2.06. The van der Waals surface area contributed by atoms with E-state index in [4.69, 9.17) is 4.74 Å². The summed E-state index contributed by atoms with van der Waals surface area (Å²) in [4.78, 5) is 11.9. The Balaban J connectivity index is 3.76. The van der Waals surface area contributed by atoms with Gasteiger partial charge in [0.25, 0.3) is 0 Å². The number of thioether (sulfide) groups is 1. The Labute approximate surface area is 132 Å². The van der Waals surface area contributed by atoms with Crippen LogP contribution in [-0.2, 0) is 9.53 Å². The zero-order valence-electron chi connectivity index (χ0n) is 13.4. The van der Waals surface area contributed by atoms with Crippen LogP contribution < -0.4 is 0 Å². The van der Waals surface area contributed by atoms with E-state index >= 15 is 0 Å². The van der Waals surface area contributed by atoms with E-state index in [1.807, 2.05) is 6.92 Å². The topological polar surface area (TPSA) is 26.3 Å². The fourth-order valence-corrected chi connectivity index (χ4v) is 3.26. The van der Waals surface area contributed by atoms with Gasteiger partial charge in [-0.1, -0.05) is 39.0 Å². The van der Waals surface area contributed by atoms with Crippen LogP contribution in [0.1, 0.15) is 71.6 Å². The minimum atomic E-state index is -2.17. The first-order chi connectivity index (χ1) is 10.1. The van der Waals surface area contributed by atoms with Crippen LogP contribution in [0.2, 0.25) is 0 Å². The van der Waals surface area contributed by atoms with Gasteiger partial charge in [0, 0.05) is 6.42 Å². The van der Waals surface area contributed by atoms with Crippen LogP contribution in [0.15, 0.2) is 0 Å². The molecule has 1 atom stereocenters. The van der Waals surface area contributed by atoms with Crippen molar-refractivity contribution in [2.45, 2.75) is 83.3 Å². The predicted octanol–water partition coefficient (Wildman–Crippen LogP) is 5.45. The molecule has 0 bridgehead atoms.